The smallest absolute Gasteiger partial charge is 0.306 e. The van der Waals surface area contributed by atoms with Crippen molar-refractivity contribution in [1.82, 2.24) is 5.06 Å². The molecule has 186 valence electrons. The van der Waals surface area contributed by atoms with Crippen LogP contribution in [0.15, 0.2) is 84.9 Å². The largest absolute Gasteiger partial charge is 0.466 e. The van der Waals surface area contributed by atoms with Crippen molar-refractivity contribution in [3.63, 3.8) is 0 Å². The van der Waals surface area contributed by atoms with E-state index in [0.717, 1.165) is 22.4 Å². The summed E-state index contributed by atoms with van der Waals surface area (Å²) in [7, 11) is 0. The molecular weight excluding hydrogens is 452 g/mol. The summed E-state index contributed by atoms with van der Waals surface area (Å²) in [5, 5.41) is 1.52. The van der Waals surface area contributed by atoms with Crippen molar-refractivity contribution >= 4 is 17.6 Å². The predicted octanol–water partition coefficient (Wildman–Crippen LogP) is 5.22. The molecule has 0 spiro atoms. The highest BCUT2D eigenvalue weighted by Gasteiger charge is 2.71. The molecule has 0 aromatic heterocycles. The molecule has 1 saturated heterocycles. The van der Waals surface area contributed by atoms with Crippen molar-refractivity contribution in [2.45, 2.75) is 51.9 Å². The van der Waals surface area contributed by atoms with Gasteiger partial charge in [0, 0.05) is 12.2 Å². The summed E-state index contributed by atoms with van der Waals surface area (Å²) >= 11 is 0. The number of carbonyl (C=O) groups is 2. The lowest BCUT2D eigenvalue weighted by molar-refractivity contribution is -0.199. The molecule has 0 saturated carbocycles. The molecule has 2 atom stereocenters. The molecule has 0 radical (unpaired) electrons. The molecule has 0 N–H and O–H groups in total. The van der Waals surface area contributed by atoms with Gasteiger partial charge in [-0.15, -0.1) is 0 Å². The molecule has 0 unspecified atom stereocenters. The third kappa shape index (κ3) is 3.77. The lowest BCUT2D eigenvalue weighted by Gasteiger charge is -2.40. The zero-order chi connectivity index (χ0) is 25.3. The molecule has 3 aromatic carbocycles. The average molecular weight is 485 g/mol. The molecule has 2 aliphatic heterocycles. The van der Waals surface area contributed by atoms with Crippen LogP contribution in [0.4, 0.5) is 5.69 Å². The van der Waals surface area contributed by atoms with Gasteiger partial charge in [0.05, 0.1) is 23.9 Å². The van der Waals surface area contributed by atoms with Crippen LogP contribution in [0.25, 0.3) is 0 Å². The zero-order valence-electron chi connectivity index (χ0n) is 21.0. The molecule has 6 nitrogen and oxygen atoms in total. The van der Waals surface area contributed by atoms with E-state index in [4.69, 9.17) is 9.57 Å². The van der Waals surface area contributed by atoms with E-state index >= 15 is 0 Å². The first kappa shape index (κ1) is 24.1. The number of fused-ring (bicyclic) bond motifs is 3. The van der Waals surface area contributed by atoms with Gasteiger partial charge in [-0.3, -0.25) is 14.4 Å². The van der Waals surface area contributed by atoms with Crippen LogP contribution in [0.3, 0.4) is 0 Å². The van der Waals surface area contributed by atoms with Crippen LogP contribution in [0.5, 0.6) is 0 Å². The minimum absolute atomic E-state index is 0.0811. The van der Waals surface area contributed by atoms with Gasteiger partial charge in [-0.25, -0.2) is 0 Å². The van der Waals surface area contributed by atoms with Crippen LogP contribution in [0.1, 0.15) is 43.9 Å². The summed E-state index contributed by atoms with van der Waals surface area (Å²) in [6, 6.07) is 28.1. The Morgan fingerprint density at radius 2 is 1.50 bits per heavy atom. The summed E-state index contributed by atoms with van der Waals surface area (Å²) < 4.78 is 5.44. The van der Waals surface area contributed by atoms with Crippen molar-refractivity contribution in [2.24, 2.45) is 5.41 Å². The van der Waals surface area contributed by atoms with Crippen molar-refractivity contribution in [3.05, 3.63) is 102 Å². The van der Waals surface area contributed by atoms with Crippen LogP contribution in [-0.4, -0.2) is 29.7 Å². The number of ether oxygens (including phenoxy) is 1. The number of carbonyl (C=O) groups excluding carboxylic acids is 2. The zero-order valence-corrected chi connectivity index (χ0v) is 21.0. The molecule has 36 heavy (non-hydrogen) atoms. The molecule has 1 fully saturated rings. The second kappa shape index (κ2) is 9.43. The molecule has 5 rings (SSSR count). The molecule has 0 bridgehead atoms. The second-order valence-corrected chi connectivity index (χ2v) is 9.97. The molecular formula is C30H32N2O4. The monoisotopic (exact) mass is 484 g/mol. The molecule has 3 aromatic rings. The number of rotatable bonds is 8. The molecule has 0 aliphatic carbocycles. The summed E-state index contributed by atoms with van der Waals surface area (Å²) in [4.78, 5) is 35.6. The van der Waals surface area contributed by atoms with Crippen molar-refractivity contribution in [3.8, 4) is 0 Å². The van der Waals surface area contributed by atoms with Crippen LogP contribution in [0, 0.1) is 5.41 Å². The first-order valence-electron chi connectivity index (χ1n) is 12.5. The maximum Gasteiger partial charge on any atom is 0.306 e. The SMILES string of the molecule is CCOC(=O)C[C@]12c3ccccc3N(Cc3ccccc3)[C@H]1N(OCc1ccccc1)C(=O)C2(C)C. The Hall–Kier alpha value is -3.64. The Balaban J connectivity index is 1.64. The van der Waals surface area contributed by atoms with E-state index < -0.39 is 17.0 Å². The number of hydrogen-bond acceptors (Lipinski definition) is 5. The maximum atomic E-state index is 14.0. The Kier molecular flexibility index (Phi) is 6.31. The number of nitrogens with zero attached hydrogens (tertiary/aromatic N) is 2. The number of para-hydroxylation sites is 1. The van der Waals surface area contributed by atoms with E-state index in [1.165, 1.54) is 5.06 Å². The maximum absolute atomic E-state index is 14.0. The van der Waals surface area contributed by atoms with Gasteiger partial charge in [-0.1, -0.05) is 78.9 Å². The topological polar surface area (TPSA) is 59.1 Å². The van der Waals surface area contributed by atoms with Gasteiger partial charge in [0.25, 0.3) is 5.91 Å². The summed E-state index contributed by atoms with van der Waals surface area (Å²) in [5.74, 6) is -0.454. The van der Waals surface area contributed by atoms with E-state index in [0.29, 0.717) is 6.54 Å². The van der Waals surface area contributed by atoms with Crippen LogP contribution < -0.4 is 4.90 Å². The summed E-state index contributed by atoms with van der Waals surface area (Å²) in [5.41, 5.74) is 2.30. The van der Waals surface area contributed by atoms with Gasteiger partial charge in [-0.05, 0) is 43.5 Å². The standard InChI is InChI=1S/C30H32N2O4/c1-4-35-26(33)19-30-24-17-11-12-18-25(24)31(20-22-13-7-5-8-14-22)27(30)32(28(34)29(30,2)3)36-21-23-15-9-6-10-16-23/h5-18,27H,4,19-21H2,1-3H3/t27-,30-/m0/s1. The number of anilines is 1. The number of benzene rings is 3. The van der Waals surface area contributed by atoms with Crippen molar-refractivity contribution < 1.29 is 19.2 Å². The van der Waals surface area contributed by atoms with E-state index in [1.54, 1.807) is 6.92 Å². The second-order valence-electron chi connectivity index (χ2n) is 9.97. The van der Waals surface area contributed by atoms with Gasteiger partial charge in [-0.2, -0.15) is 5.06 Å². The highest BCUT2D eigenvalue weighted by molar-refractivity contribution is 5.92. The van der Waals surface area contributed by atoms with Crippen molar-refractivity contribution in [2.75, 3.05) is 11.5 Å². The van der Waals surface area contributed by atoms with Crippen LogP contribution in [0.2, 0.25) is 0 Å². The number of hydrogen-bond donors (Lipinski definition) is 0. The highest BCUT2D eigenvalue weighted by atomic mass is 16.7. The highest BCUT2D eigenvalue weighted by Crippen LogP contribution is 2.62. The average Bonchev–Trinajstić information content (AvgIpc) is 3.24. The quantitative estimate of drug-likeness (QED) is 0.410. The van der Waals surface area contributed by atoms with Crippen LogP contribution >= 0.6 is 0 Å². The lowest BCUT2D eigenvalue weighted by atomic mass is 9.61. The van der Waals surface area contributed by atoms with E-state index in [1.807, 2.05) is 80.6 Å². The number of hydroxylamine groups is 2. The molecule has 6 heteroatoms. The Morgan fingerprint density at radius 1 is 0.889 bits per heavy atom. The van der Waals surface area contributed by atoms with E-state index in [9.17, 15) is 9.59 Å². The minimum Gasteiger partial charge on any atom is -0.466 e. The van der Waals surface area contributed by atoms with Crippen LogP contribution in [-0.2, 0) is 37.7 Å². The van der Waals surface area contributed by atoms with E-state index in [2.05, 4.69) is 23.1 Å². The third-order valence-electron chi connectivity index (χ3n) is 7.64. The van der Waals surface area contributed by atoms with Crippen molar-refractivity contribution in [1.29, 1.82) is 0 Å². The predicted molar refractivity (Wildman–Crippen MR) is 138 cm³/mol. The summed E-state index contributed by atoms with van der Waals surface area (Å²) in [6.45, 7) is 6.77. The Labute approximate surface area is 212 Å². The van der Waals surface area contributed by atoms with Gasteiger partial charge < -0.3 is 9.64 Å². The molecule has 1 amide bonds. The summed E-state index contributed by atoms with van der Waals surface area (Å²) in [6.07, 6.45) is -0.427. The fourth-order valence-corrected chi connectivity index (χ4v) is 5.85. The molecule has 2 aliphatic rings. The normalized spacial score (nSPS) is 21.9. The van der Waals surface area contributed by atoms with Gasteiger partial charge in [0.2, 0.25) is 0 Å². The Bertz CT molecular complexity index is 1240. The van der Waals surface area contributed by atoms with E-state index in [-0.39, 0.29) is 31.5 Å². The first-order valence-corrected chi connectivity index (χ1v) is 12.5. The number of amides is 1. The Morgan fingerprint density at radius 3 is 2.17 bits per heavy atom. The lowest BCUT2D eigenvalue weighted by Crippen LogP contribution is -2.52. The fourth-order valence-electron chi connectivity index (χ4n) is 5.85. The minimum atomic E-state index is -0.914. The number of esters is 1. The van der Waals surface area contributed by atoms with Gasteiger partial charge >= 0.3 is 5.97 Å². The van der Waals surface area contributed by atoms with Gasteiger partial charge in [0.15, 0.2) is 0 Å². The van der Waals surface area contributed by atoms with Gasteiger partial charge in [0.1, 0.15) is 12.8 Å². The fraction of sp³-hybridized carbons (Fsp3) is 0.333. The third-order valence-corrected chi connectivity index (χ3v) is 7.64. The first-order chi connectivity index (χ1) is 17.4. The molecule has 2 heterocycles.